The van der Waals surface area contributed by atoms with E-state index < -0.39 is 0 Å². The van der Waals surface area contributed by atoms with Crippen molar-refractivity contribution in [3.05, 3.63) is 47.0 Å². The van der Waals surface area contributed by atoms with Gasteiger partial charge in [-0.05, 0) is 30.4 Å². The van der Waals surface area contributed by atoms with Crippen LogP contribution in [-0.2, 0) is 6.42 Å². The van der Waals surface area contributed by atoms with E-state index in [-0.39, 0.29) is 12.1 Å². The number of nitrogens with one attached hydrogen (secondary N) is 1. The van der Waals surface area contributed by atoms with E-state index in [0.29, 0.717) is 0 Å². The van der Waals surface area contributed by atoms with E-state index in [0.717, 1.165) is 50.6 Å². The number of nitrogens with zero attached hydrogens (tertiary/aromatic N) is 3. The third-order valence-electron chi connectivity index (χ3n) is 4.92. The van der Waals surface area contributed by atoms with Crippen LogP contribution in [0.2, 0.25) is 0 Å². The predicted octanol–water partition coefficient (Wildman–Crippen LogP) is 3.05. The second-order valence-electron chi connectivity index (χ2n) is 6.38. The van der Waals surface area contributed by atoms with Crippen LogP contribution < -0.4 is 10.2 Å². The number of hydrogen-bond donors (Lipinski definition) is 1. The largest absolute Gasteiger partial charge is 0.345 e. The quantitative estimate of drug-likeness (QED) is 0.912. The molecule has 2 heterocycles. The zero-order valence-corrected chi connectivity index (χ0v) is 14.5. The molecule has 6 heteroatoms. The highest BCUT2D eigenvalue weighted by atomic mass is 32.1. The first-order chi connectivity index (χ1) is 11.8. The van der Waals surface area contributed by atoms with E-state index in [1.54, 1.807) is 11.3 Å². The van der Waals surface area contributed by atoms with Crippen molar-refractivity contribution in [2.75, 3.05) is 31.1 Å². The minimum Gasteiger partial charge on any atom is -0.345 e. The molecule has 1 saturated heterocycles. The summed E-state index contributed by atoms with van der Waals surface area (Å²) in [6.45, 7) is 3.20. The molecule has 0 unspecified atom stereocenters. The van der Waals surface area contributed by atoms with Crippen molar-refractivity contribution in [1.82, 2.24) is 15.2 Å². The Balaban J connectivity index is 1.36. The van der Waals surface area contributed by atoms with E-state index in [9.17, 15) is 4.79 Å². The Labute approximate surface area is 146 Å². The van der Waals surface area contributed by atoms with Crippen LogP contribution >= 0.6 is 11.3 Å². The van der Waals surface area contributed by atoms with Crippen LogP contribution in [0.4, 0.5) is 9.93 Å². The van der Waals surface area contributed by atoms with E-state index in [1.807, 2.05) is 16.5 Å². The van der Waals surface area contributed by atoms with Gasteiger partial charge in [0, 0.05) is 37.8 Å². The van der Waals surface area contributed by atoms with Gasteiger partial charge in [0.25, 0.3) is 0 Å². The highest BCUT2D eigenvalue weighted by Gasteiger charge is 2.26. The molecule has 1 aliphatic heterocycles. The highest BCUT2D eigenvalue weighted by molar-refractivity contribution is 7.13. The van der Waals surface area contributed by atoms with Gasteiger partial charge in [-0.3, -0.25) is 0 Å². The molecule has 24 heavy (non-hydrogen) atoms. The third-order valence-corrected chi connectivity index (χ3v) is 5.76. The maximum atomic E-state index is 12.7. The van der Waals surface area contributed by atoms with Gasteiger partial charge in [-0.2, -0.15) is 0 Å². The second-order valence-corrected chi connectivity index (χ2v) is 7.25. The molecule has 2 aromatic rings. The summed E-state index contributed by atoms with van der Waals surface area (Å²) in [4.78, 5) is 21.2. The number of carbonyl (C=O) groups is 1. The molecule has 2 amide bonds. The number of aryl methyl sites for hydroxylation is 1. The molecule has 2 aliphatic rings. The molecule has 5 nitrogen and oxygen atoms in total. The molecule has 0 saturated carbocycles. The molecule has 1 fully saturated rings. The number of carbonyl (C=O) groups excluding carboxylic acids is 1. The molecule has 0 spiro atoms. The average molecular weight is 342 g/mol. The van der Waals surface area contributed by atoms with Gasteiger partial charge in [0.15, 0.2) is 5.13 Å². The molecule has 126 valence electrons. The Kier molecular flexibility index (Phi) is 4.38. The van der Waals surface area contributed by atoms with Crippen LogP contribution in [0.25, 0.3) is 0 Å². The number of rotatable bonds is 2. The summed E-state index contributed by atoms with van der Waals surface area (Å²) in [5.74, 6) is 0. The van der Waals surface area contributed by atoms with Gasteiger partial charge in [-0.15, -0.1) is 11.3 Å². The number of hydrogen-bond acceptors (Lipinski definition) is 4. The van der Waals surface area contributed by atoms with Crippen molar-refractivity contribution in [3.63, 3.8) is 0 Å². The van der Waals surface area contributed by atoms with Gasteiger partial charge in [-0.25, -0.2) is 9.78 Å². The fourth-order valence-electron chi connectivity index (χ4n) is 3.62. The predicted molar refractivity (Wildman–Crippen MR) is 96.6 cm³/mol. The monoisotopic (exact) mass is 342 g/mol. The van der Waals surface area contributed by atoms with Crippen molar-refractivity contribution in [3.8, 4) is 0 Å². The average Bonchev–Trinajstić information content (AvgIpc) is 3.17. The van der Waals surface area contributed by atoms with E-state index in [4.69, 9.17) is 0 Å². The number of aromatic nitrogens is 1. The number of fused-ring (bicyclic) bond motifs is 1. The van der Waals surface area contributed by atoms with E-state index in [1.165, 1.54) is 11.1 Å². The topological polar surface area (TPSA) is 48.5 Å². The number of urea groups is 1. The van der Waals surface area contributed by atoms with Gasteiger partial charge in [0.1, 0.15) is 0 Å². The SMILES string of the molecule is O=C(N[C@@H]1CCCc2ccccc21)N1CCN(c2nccs2)CC1. The minimum atomic E-state index is 0.0653. The van der Waals surface area contributed by atoms with E-state index >= 15 is 0 Å². The van der Waals surface area contributed by atoms with Gasteiger partial charge in [-0.1, -0.05) is 24.3 Å². The minimum absolute atomic E-state index is 0.0653. The molecule has 1 N–H and O–H groups in total. The van der Waals surface area contributed by atoms with Crippen LogP contribution in [-0.4, -0.2) is 42.1 Å². The second kappa shape index (κ2) is 6.81. The molecule has 1 aromatic carbocycles. The molecular weight excluding hydrogens is 320 g/mol. The lowest BCUT2D eigenvalue weighted by atomic mass is 9.88. The first-order valence-electron chi connectivity index (χ1n) is 8.59. The molecular formula is C18H22N4OS. The number of thiazole rings is 1. The molecule has 1 atom stereocenters. The van der Waals surface area contributed by atoms with Crippen LogP contribution in [0.1, 0.15) is 30.0 Å². The summed E-state index contributed by atoms with van der Waals surface area (Å²) in [5, 5.41) is 6.30. The summed E-state index contributed by atoms with van der Waals surface area (Å²) in [5.41, 5.74) is 2.67. The first kappa shape index (κ1) is 15.4. The van der Waals surface area contributed by atoms with Crippen molar-refractivity contribution < 1.29 is 4.79 Å². The summed E-state index contributed by atoms with van der Waals surface area (Å²) in [6, 6.07) is 8.70. The Morgan fingerprint density at radius 2 is 2.04 bits per heavy atom. The third kappa shape index (κ3) is 3.11. The number of benzene rings is 1. The molecule has 1 aliphatic carbocycles. The summed E-state index contributed by atoms with van der Waals surface area (Å²) in [6.07, 6.45) is 5.12. The Hall–Kier alpha value is -2.08. The lowest BCUT2D eigenvalue weighted by molar-refractivity contribution is 0.189. The Morgan fingerprint density at radius 3 is 2.83 bits per heavy atom. The van der Waals surface area contributed by atoms with Crippen LogP contribution in [0, 0.1) is 0 Å². The van der Waals surface area contributed by atoms with Gasteiger partial charge in [0.2, 0.25) is 0 Å². The summed E-state index contributed by atoms with van der Waals surface area (Å²) >= 11 is 1.66. The van der Waals surface area contributed by atoms with Crippen molar-refractivity contribution >= 4 is 22.5 Å². The molecule has 4 rings (SSSR count). The maximum absolute atomic E-state index is 12.7. The lowest BCUT2D eigenvalue weighted by Crippen LogP contribution is -2.52. The zero-order chi connectivity index (χ0) is 16.4. The summed E-state index contributed by atoms with van der Waals surface area (Å²) in [7, 11) is 0. The van der Waals surface area contributed by atoms with Gasteiger partial charge in [0.05, 0.1) is 6.04 Å². The summed E-state index contributed by atoms with van der Waals surface area (Å²) < 4.78 is 0. The normalized spacial score (nSPS) is 20.6. The fourth-order valence-corrected chi connectivity index (χ4v) is 4.31. The number of anilines is 1. The highest BCUT2D eigenvalue weighted by Crippen LogP contribution is 2.29. The first-order valence-corrected chi connectivity index (χ1v) is 9.47. The maximum Gasteiger partial charge on any atom is 0.318 e. The van der Waals surface area contributed by atoms with Crippen molar-refractivity contribution in [1.29, 1.82) is 0 Å². The van der Waals surface area contributed by atoms with Crippen molar-refractivity contribution in [2.24, 2.45) is 0 Å². The Bertz CT molecular complexity index is 695. The molecule has 0 bridgehead atoms. The van der Waals surface area contributed by atoms with Crippen LogP contribution in [0.15, 0.2) is 35.8 Å². The van der Waals surface area contributed by atoms with Gasteiger partial charge < -0.3 is 15.1 Å². The number of amides is 2. The van der Waals surface area contributed by atoms with Crippen LogP contribution in [0.3, 0.4) is 0 Å². The van der Waals surface area contributed by atoms with E-state index in [2.05, 4.69) is 39.5 Å². The Morgan fingerprint density at radius 1 is 1.21 bits per heavy atom. The van der Waals surface area contributed by atoms with Crippen LogP contribution in [0.5, 0.6) is 0 Å². The molecule has 0 radical (unpaired) electrons. The number of piperazine rings is 1. The molecule has 1 aromatic heterocycles. The van der Waals surface area contributed by atoms with Gasteiger partial charge >= 0.3 is 6.03 Å². The van der Waals surface area contributed by atoms with Crippen molar-refractivity contribution in [2.45, 2.75) is 25.3 Å². The standard InChI is InChI=1S/C18H22N4OS/c23-17(20-16-7-3-5-14-4-1-2-6-15(14)16)21-9-11-22(12-10-21)18-19-8-13-24-18/h1-2,4,6,8,13,16H,3,5,7,9-12H2,(H,20,23)/t16-/m1/s1. The fraction of sp³-hybridized carbons (Fsp3) is 0.444. The lowest BCUT2D eigenvalue weighted by Gasteiger charge is -2.36. The zero-order valence-electron chi connectivity index (χ0n) is 13.6. The smallest absolute Gasteiger partial charge is 0.318 e.